The summed E-state index contributed by atoms with van der Waals surface area (Å²) in [5.41, 5.74) is 3.42. The Kier molecular flexibility index (Phi) is 4.66. The number of tetrazole rings is 1. The molecule has 0 radical (unpaired) electrons. The van der Waals surface area contributed by atoms with Gasteiger partial charge in [0.1, 0.15) is 12.9 Å². The molecule has 1 aliphatic heterocycles. The number of rotatable bonds is 6. The van der Waals surface area contributed by atoms with Crippen molar-refractivity contribution in [3.05, 3.63) is 35.7 Å². The first-order chi connectivity index (χ1) is 11.1. The van der Waals surface area contributed by atoms with E-state index in [1.165, 1.54) is 28.6 Å². The summed E-state index contributed by atoms with van der Waals surface area (Å²) in [6.07, 6.45) is 2.62. The summed E-state index contributed by atoms with van der Waals surface area (Å²) in [4.78, 5) is 14.6. The molecule has 0 unspecified atom stereocenters. The lowest BCUT2D eigenvalue weighted by atomic mass is 10.1. The van der Waals surface area contributed by atoms with E-state index in [2.05, 4.69) is 45.7 Å². The van der Waals surface area contributed by atoms with Gasteiger partial charge in [-0.1, -0.05) is 26.0 Å². The number of hydrogen-bond donors (Lipinski definition) is 1. The van der Waals surface area contributed by atoms with Crippen LogP contribution in [-0.2, 0) is 24.4 Å². The van der Waals surface area contributed by atoms with E-state index < -0.39 is 0 Å². The molecule has 2 aromatic rings. The Hall–Kier alpha value is -2.28. The highest BCUT2D eigenvalue weighted by molar-refractivity contribution is 5.91. The van der Waals surface area contributed by atoms with Crippen molar-refractivity contribution in [2.24, 2.45) is 5.92 Å². The van der Waals surface area contributed by atoms with Gasteiger partial charge < -0.3 is 5.32 Å². The molecule has 1 aromatic heterocycles. The summed E-state index contributed by atoms with van der Waals surface area (Å²) >= 11 is 0. The fourth-order valence-electron chi connectivity index (χ4n) is 2.80. The number of carbonyl (C=O) groups is 1. The second kappa shape index (κ2) is 6.87. The average Bonchev–Trinajstić information content (AvgIpc) is 3.14. The van der Waals surface area contributed by atoms with Gasteiger partial charge in [0.15, 0.2) is 0 Å². The van der Waals surface area contributed by atoms with Crippen molar-refractivity contribution in [2.75, 3.05) is 11.9 Å². The number of nitrogens with one attached hydrogen (secondary N) is 1. The maximum atomic E-state index is 12.1. The Labute approximate surface area is 135 Å². The van der Waals surface area contributed by atoms with Crippen LogP contribution >= 0.6 is 0 Å². The highest BCUT2D eigenvalue weighted by atomic mass is 16.2. The highest BCUT2D eigenvalue weighted by Gasteiger charge is 2.22. The van der Waals surface area contributed by atoms with Crippen molar-refractivity contribution >= 4 is 11.6 Å². The second-order valence-corrected chi connectivity index (χ2v) is 6.39. The van der Waals surface area contributed by atoms with Gasteiger partial charge in [0.25, 0.3) is 0 Å². The van der Waals surface area contributed by atoms with Crippen molar-refractivity contribution in [1.82, 2.24) is 25.1 Å². The third kappa shape index (κ3) is 3.92. The van der Waals surface area contributed by atoms with E-state index in [0.717, 1.165) is 25.3 Å². The molecular formula is C16H22N6O. The first kappa shape index (κ1) is 15.6. The summed E-state index contributed by atoms with van der Waals surface area (Å²) < 4.78 is 1.41. The van der Waals surface area contributed by atoms with Crippen LogP contribution in [0.5, 0.6) is 0 Å². The van der Waals surface area contributed by atoms with Crippen LogP contribution in [0.4, 0.5) is 5.69 Å². The molecule has 1 aliphatic rings. The maximum absolute atomic E-state index is 12.1. The number of aromatic nitrogens is 4. The standard InChI is InChI=1S/C16H22N6O/c1-12(2)6-7-21-8-13-4-3-5-15(14(13)9-21)18-16(23)10-22-11-17-19-20-22/h3-5,11-12H,6-10H2,1-2H3,(H,18,23). The number of carbonyl (C=O) groups excluding carboxylic acids is 1. The summed E-state index contributed by atoms with van der Waals surface area (Å²) in [6.45, 7) is 7.54. The number of amides is 1. The van der Waals surface area contributed by atoms with Crippen LogP contribution < -0.4 is 5.32 Å². The topological polar surface area (TPSA) is 75.9 Å². The van der Waals surface area contributed by atoms with Gasteiger partial charge in [-0.3, -0.25) is 9.69 Å². The Balaban J connectivity index is 1.64. The molecule has 1 N–H and O–H groups in total. The van der Waals surface area contributed by atoms with E-state index in [0.29, 0.717) is 5.92 Å². The summed E-state index contributed by atoms with van der Waals surface area (Å²) in [7, 11) is 0. The first-order valence-corrected chi connectivity index (χ1v) is 7.95. The molecule has 0 spiro atoms. The molecule has 0 fully saturated rings. The van der Waals surface area contributed by atoms with Crippen LogP contribution in [0.1, 0.15) is 31.4 Å². The van der Waals surface area contributed by atoms with Gasteiger partial charge >= 0.3 is 0 Å². The molecule has 7 heteroatoms. The summed E-state index contributed by atoms with van der Waals surface area (Å²) in [5, 5.41) is 13.8. The molecule has 0 saturated carbocycles. The van der Waals surface area contributed by atoms with E-state index in [-0.39, 0.29) is 12.5 Å². The molecule has 1 aromatic carbocycles. The number of benzene rings is 1. The third-order valence-electron chi connectivity index (χ3n) is 4.04. The fraction of sp³-hybridized carbons (Fsp3) is 0.500. The zero-order valence-electron chi connectivity index (χ0n) is 13.6. The lowest BCUT2D eigenvalue weighted by Gasteiger charge is -2.16. The summed E-state index contributed by atoms with van der Waals surface area (Å²) in [6, 6.07) is 6.10. The second-order valence-electron chi connectivity index (χ2n) is 6.39. The van der Waals surface area contributed by atoms with Crippen molar-refractivity contribution in [1.29, 1.82) is 0 Å². The van der Waals surface area contributed by atoms with Gasteiger partial charge in [0, 0.05) is 18.8 Å². The SMILES string of the molecule is CC(C)CCN1Cc2cccc(NC(=O)Cn3cnnn3)c2C1. The third-order valence-corrected chi connectivity index (χ3v) is 4.04. The zero-order valence-corrected chi connectivity index (χ0v) is 13.6. The van der Waals surface area contributed by atoms with Crippen LogP contribution in [0.25, 0.3) is 0 Å². The van der Waals surface area contributed by atoms with Crippen molar-refractivity contribution in [3.8, 4) is 0 Å². The molecule has 23 heavy (non-hydrogen) atoms. The quantitative estimate of drug-likeness (QED) is 0.878. The molecule has 0 saturated heterocycles. The zero-order chi connectivity index (χ0) is 16.2. The fourth-order valence-corrected chi connectivity index (χ4v) is 2.80. The lowest BCUT2D eigenvalue weighted by molar-refractivity contribution is -0.116. The number of anilines is 1. The van der Waals surface area contributed by atoms with E-state index in [9.17, 15) is 4.79 Å². The molecule has 1 amide bonds. The minimum absolute atomic E-state index is 0.119. The van der Waals surface area contributed by atoms with Crippen molar-refractivity contribution in [2.45, 2.75) is 39.9 Å². The van der Waals surface area contributed by atoms with Gasteiger partial charge in [0.2, 0.25) is 5.91 Å². The molecule has 122 valence electrons. The van der Waals surface area contributed by atoms with Gasteiger partial charge in [-0.15, -0.1) is 5.10 Å². The lowest BCUT2D eigenvalue weighted by Crippen LogP contribution is -2.21. The van der Waals surface area contributed by atoms with Gasteiger partial charge in [-0.05, 0) is 46.5 Å². The van der Waals surface area contributed by atoms with Crippen molar-refractivity contribution < 1.29 is 4.79 Å². The summed E-state index contributed by atoms with van der Waals surface area (Å²) in [5.74, 6) is 0.584. The molecule has 0 aliphatic carbocycles. The molecule has 2 heterocycles. The predicted molar refractivity (Wildman–Crippen MR) is 86.5 cm³/mol. The molecule has 3 rings (SSSR count). The van der Waals surface area contributed by atoms with E-state index in [4.69, 9.17) is 0 Å². The van der Waals surface area contributed by atoms with Crippen molar-refractivity contribution in [3.63, 3.8) is 0 Å². The molecule has 0 atom stereocenters. The van der Waals surface area contributed by atoms with Crippen LogP contribution in [0, 0.1) is 5.92 Å². The van der Waals surface area contributed by atoms with Gasteiger partial charge in [-0.2, -0.15) is 0 Å². The van der Waals surface area contributed by atoms with Crippen LogP contribution in [0.3, 0.4) is 0 Å². The van der Waals surface area contributed by atoms with Crippen LogP contribution in [0.15, 0.2) is 24.5 Å². The number of hydrogen-bond acceptors (Lipinski definition) is 5. The smallest absolute Gasteiger partial charge is 0.246 e. The largest absolute Gasteiger partial charge is 0.324 e. The van der Waals surface area contributed by atoms with Gasteiger partial charge in [0.05, 0.1) is 0 Å². The maximum Gasteiger partial charge on any atom is 0.246 e. The van der Waals surface area contributed by atoms with E-state index in [1.54, 1.807) is 0 Å². The average molecular weight is 314 g/mol. The monoisotopic (exact) mass is 314 g/mol. The minimum atomic E-state index is -0.119. The van der Waals surface area contributed by atoms with Crippen LogP contribution in [-0.4, -0.2) is 37.6 Å². The Morgan fingerprint density at radius 1 is 1.35 bits per heavy atom. The number of nitrogens with zero attached hydrogens (tertiary/aromatic N) is 5. The Morgan fingerprint density at radius 2 is 2.22 bits per heavy atom. The first-order valence-electron chi connectivity index (χ1n) is 7.95. The predicted octanol–water partition coefficient (Wildman–Crippen LogP) is 1.67. The normalized spacial score (nSPS) is 14.2. The van der Waals surface area contributed by atoms with Gasteiger partial charge in [-0.25, -0.2) is 4.68 Å². The molecule has 0 bridgehead atoms. The van der Waals surface area contributed by atoms with Crippen LogP contribution in [0.2, 0.25) is 0 Å². The Bertz CT molecular complexity index is 667. The molecular weight excluding hydrogens is 292 g/mol. The highest BCUT2D eigenvalue weighted by Crippen LogP contribution is 2.29. The minimum Gasteiger partial charge on any atom is -0.324 e. The number of fused-ring (bicyclic) bond motifs is 1. The Morgan fingerprint density at radius 3 is 2.96 bits per heavy atom. The van der Waals surface area contributed by atoms with E-state index in [1.807, 2.05) is 12.1 Å². The molecule has 7 nitrogen and oxygen atoms in total. The van der Waals surface area contributed by atoms with E-state index >= 15 is 0 Å².